The van der Waals surface area contributed by atoms with Crippen molar-refractivity contribution in [1.29, 1.82) is 0 Å². The first kappa shape index (κ1) is 24.0. The average Bonchev–Trinajstić information content (AvgIpc) is 2.78. The molecule has 1 saturated carbocycles. The lowest BCUT2D eigenvalue weighted by Gasteiger charge is -2.28. The van der Waals surface area contributed by atoms with Crippen molar-refractivity contribution in [3.63, 3.8) is 0 Å². The van der Waals surface area contributed by atoms with Crippen molar-refractivity contribution in [1.82, 2.24) is 5.32 Å². The summed E-state index contributed by atoms with van der Waals surface area (Å²) in [6, 6.07) is 13.0. The highest BCUT2D eigenvalue weighted by Gasteiger charge is 2.24. The molecule has 0 spiro atoms. The van der Waals surface area contributed by atoms with Gasteiger partial charge in [-0.25, -0.2) is 0 Å². The Morgan fingerprint density at radius 2 is 1.66 bits per heavy atom. The molecule has 0 radical (unpaired) electrons. The monoisotopic (exact) mass is 455 g/mol. The second kappa shape index (κ2) is 11.3. The topological polar surface area (TPSA) is 83.5 Å². The van der Waals surface area contributed by atoms with Crippen molar-refractivity contribution in [2.45, 2.75) is 57.8 Å². The lowest BCUT2D eigenvalue weighted by Crippen LogP contribution is -2.25. The number of ketones is 1. The molecule has 0 bridgehead atoms. The predicted octanol–water partition coefficient (Wildman–Crippen LogP) is 5.79. The van der Waals surface area contributed by atoms with Gasteiger partial charge in [0, 0.05) is 35.5 Å². The summed E-state index contributed by atoms with van der Waals surface area (Å²) in [5.74, 6) is -0.0846. The van der Waals surface area contributed by atoms with E-state index in [0.717, 1.165) is 31.2 Å². The molecule has 1 amide bonds. The standard InChI is InChI=1S/C26H30ClNO4/c1-17-15-22(12-13-23(17)27)26(32)28-14-2-3-24(29)21-10-8-20(9-11-21)19-6-4-18(5-7-19)16-25(30)31/h8-13,15,18-19H,2-7,14,16H2,1H3,(H,28,32)(H,30,31). The number of Topliss-reactive ketones (excluding diaryl/α,β-unsaturated/α-hetero) is 1. The van der Waals surface area contributed by atoms with Crippen molar-refractivity contribution in [3.8, 4) is 0 Å². The Hall–Kier alpha value is -2.66. The molecule has 3 rings (SSSR count). The first-order valence-electron chi connectivity index (χ1n) is 11.2. The number of amides is 1. The van der Waals surface area contributed by atoms with Gasteiger partial charge >= 0.3 is 5.97 Å². The van der Waals surface area contributed by atoms with E-state index in [0.29, 0.717) is 41.5 Å². The van der Waals surface area contributed by atoms with Crippen LogP contribution in [0.4, 0.5) is 0 Å². The number of carbonyl (C=O) groups excluding carboxylic acids is 2. The third kappa shape index (κ3) is 6.67. The third-order valence-electron chi connectivity index (χ3n) is 6.30. The summed E-state index contributed by atoms with van der Waals surface area (Å²) in [7, 11) is 0. The van der Waals surface area contributed by atoms with Crippen LogP contribution in [0.5, 0.6) is 0 Å². The molecule has 6 heteroatoms. The number of hydrogen-bond donors (Lipinski definition) is 2. The van der Waals surface area contributed by atoms with Gasteiger partial charge in [-0.3, -0.25) is 14.4 Å². The minimum Gasteiger partial charge on any atom is -0.481 e. The van der Waals surface area contributed by atoms with Gasteiger partial charge in [-0.2, -0.15) is 0 Å². The van der Waals surface area contributed by atoms with Crippen LogP contribution < -0.4 is 5.32 Å². The molecule has 5 nitrogen and oxygen atoms in total. The van der Waals surface area contributed by atoms with Crippen molar-refractivity contribution >= 4 is 29.3 Å². The molecule has 1 aliphatic carbocycles. The number of carboxylic acid groups (broad SMARTS) is 1. The first-order chi connectivity index (χ1) is 15.3. The quantitative estimate of drug-likeness (QED) is 0.370. The fourth-order valence-electron chi connectivity index (χ4n) is 4.37. The summed E-state index contributed by atoms with van der Waals surface area (Å²) in [5, 5.41) is 12.4. The third-order valence-corrected chi connectivity index (χ3v) is 6.72. The molecule has 0 unspecified atom stereocenters. The Kier molecular flexibility index (Phi) is 8.46. The Bertz CT molecular complexity index is 962. The van der Waals surface area contributed by atoms with E-state index < -0.39 is 5.97 Å². The summed E-state index contributed by atoms with van der Waals surface area (Å²) in [5.41, 5.74) is 3.32. The Morgan fingerprint density at radius 1 is 1.00 bits per heavy atom. The van der Waals surface area contributed by atoms with Crippen LogP contribution in [0.2, 0.25) is 5.02 Å². The highest BCUT2D eigenvalue weighted by atomic mass is 35.5. The van der Waals surface area contributed by atoms with Crippen LogP contribution in [0, 0.1) is 12.8 Å². The van der Waals surface area contributed by atoms with Crippen LogP contribution in [0.1, 0.15) is 82.7 Å². The number of aryl methyl sites for hydroxylation is 1. The number of halogens is 1. The average molecular weight is 456 g/mol. The number of aliphatic carboxylic acids is 1. The lowest BCUT2D eigenvalue weighted by molar-refractivity contribution is -0.138. The molecule has 0 saturated heterocycles. The summed E-state index contributed by atoms with van der Waals surface area (Å²) >= 11 is 5.99. The fourth-order valence-corrected chi connectivity index (χ4v) is 4.49. The smallest absolute Gasteiger partial charge is 0.303 e. The summed E-state index contributed by atoms with van der Waals surface area (Å²) in [6.45, 7) is 2.29. The van der Waals surface area contributed by atoms with Crippen LogP contribution in [-0.4, -0.2) is 29.3 Å². The number of benzene rings is 2. The van der Waals surface area contributed by atoms with E-state index in [1.807, 2.05) is 31.2 Å². The minimum absolute atomic E-state index is 0.0679. The normalized spacial score (nSPS) is 18.2. The molecule has 2 aromatic carbocycles. The van der Waals surface area contributed by atoms with E-state index >= 15 is 0 Å². The van der Waals surface area contributed by atoms with Gasteiger partial charge in [-0.15, -0.1) is 0 Å². The van der Waals surface area contributed by atoms with Gasteiger partial charge < -0.3 is 10.4 Å². The second-order valence-electron chi connectivity index (χ2n) is 8.68. The highest BCUT2D eigenvalue weighted by Crippen LogP contribution is 2.37. The SMILES string of the molecule is Cc1cc(C(=O)NCCCC(=O)c2ccc(C3CCC(CC(=O)O)CC3)cc2)ccc1Cl. The van der Waals surface area contributed by atoms with Crippen molar-refractivity contribution in [2.75, 3.05) is 6.54 Å². The van der Waals surface area contributed by atoms with Crippen LogP contribution in [0.25, 0.3) is 0 Å². The first-order valence-corrected chi connectivity index (χ1v) is 11.6. The highest BCUT2D eigenvalue weighted by molar-refractivity contribution is 6.31. The van der Waals surface area contributed by atoms with E-state index in [1.54, 1.807) is 18.2 Å². The number of carboxylic acids is 1. The largest absolute Gasteiger partial charge is 0.481 e. The number of nitrogens with one attached hydrogen (secondary N) is 1. The molecule has 32 heavy (non-hydrogen) atoms. The van der Waals surface area contributed by atoms with Gasteiger partial charge in [0.1, 0.15) is 0 Å². The second-order valence-corrected chi connectivity index (χ2v) is 9.09. The van der Waals surface area contributed by atoms with Crippen molar-refractivity contribution in [3.05, 3.63) is 69.7 Å². The molecular weight excluding hydrogens is 426 g/mol. The maximum absolute atomic E-state index is 12.5. The molecule has 2 aromatic rings. The zero-order chi connectivity index (χ0) is 23.1. The van der Waals surface area contributed by atoms with E-state index in [1.165, 1.54) is 5.56 Å². The number of rotatable bonds is 9. The van der Waals surface area contributed by atoms with E-state index in [4.69, 9.17) is 16.7 Å². The van der Waals surface area contributed by atoms with Gasteiger partial charge in [0.05, 0.1) is 0 Å². The fraction of sp³-hybridized carbons (Fsp3) is 0.423. The molecule has 1 aliphatic rings. The maximum atomic E-state index is 12.5. The maximum Gasteiger partial charge on any atom is 0.303 e. The Labute approximate surface area is 194 Å². The van der Waals surface area contributed by atoms with Crippen molar-refractivity contribution in [2.24, 2.45) is 5.92 Å². The molecule has 0 atom stereocenters. The van der Waals surface area contributed by atoms with Crippen LogP contribution in [-0.2, 0) is 4.79 Å². The van der Waals surface area contributed by atoms with E-state index in [2.05, 4.69) is 5.32 Å². The number of carbonyl (C=O) groups is 3. The molecule has 1 fully saturated rings. The van der Waals surface area contributed by atoms with E-state index in [-0.39, 0.29) is 24.0 Å². The number of hydrogen-bond acceptors (Lipinski definition) is 3. The minimum atomic E-state index is -0.712. The van der Waals surface area contributed by atoms with Gasteiger partial charge in [-0.1, -0.05) is 35.9 Å². The molecule has 0 heterocycles. The molecule has 2 N–H and O–H groups in total. The zero-order valence-electron chi connectivity index (χ0n) is 18.4. The predicted molar refractivity (Wildman–Crippen MR) is 125 cm³/mol. The summed E-state index contributed by atoms with van der Waals surface area (Å²) < 4.78 is 0. The van der Waals surface area contributed by atoms with Crippen LogP contribution in [0.3, 0.4) is 0 Å². The van der Waals surface area contributed by atoms with E-state index in [9.17, 15) is 14.4 Å². The van der Waals surface area contributed by atoms with Gasteiger partial charge in [-0.05, 0) is 80.2 Å². The summed E-state index contributed by atoms with van der Waals surface area (Å²) in [6.07, 6.45) is 5.10. The van der Waals surface area contributed by atoms with Crippen LogP contribution in [0.15, 0.2) is 42.5 Å². The van der Waals surface area contributed by atoms with Crippen molar-refractivity contribution < 1.29 is 19.5 Å². The van der Waals surface area contributed by atoms with Gasteiger partial charge in [0.2, 0.25) is 0 Å². The zero-order valence-corrected chi connectivity index (χ0v) is 19.2. The molecule has 0 aromatic heterocycles. The lowest BCUT2D eigenvalue weighted by atomic mass is 9.77. The van der Waals surface area contributed by atoms with Gasteiger partial charge in [0.25, 0.3) is 5.91 Å². The Morgan fingerprint density at radius 3 is 2.28 bits per heavy atom. The molecular formula is C26H30ClNO4. The summed E-state index contributed by atoms with van der Waals surface area (Å²) in [4.78, 5) is 35.6. The molecule has 0 aliphatic heterocycles. The Balaban J connectivity index is 1.41. The molecule has 170 valence electrons. The van der Waals surface area contributed by atoms with Gasteiger partial charge in [0.15, 0.2) is 5.78 Å². The van der Waals surface area contributed by atoms with Crippen LogP contribution >= 0.6 is 11.6 Å².